The molecule has 2 aromatic rings. The molecule has 0 heterocycles. The number of benzene rings is 2. The van der Waals surface area contributed by atoms with Crippen LogP contribution in [0, 0.1) is 11.3 Å². The standard InChI is InChI=1S/C23H32O3Si/c1-23(2,3)22(17-14-15-20(24)21(25)16-17)26-27(18-10-6-4-7-11-18)19-12-8-5-9-13-19/h4-13,17,20-22,24-25,27H,14-16H2,1-3H3. The molecule has 146 valence electrons. The Labute approximate surface area is 164 Å². The molecule has 0 aliphatic heterocycles. The van der Waals surface area contributed by atoms with E-state index in [1.165, 1.54) is 10.4 Å². The summed E-state index contributed by atoms with van der Waals surface area (Å²) in [4.78, 5) is 0. The maximum absolute atomic E-state index is 10.2. The molecule has 1 aliphatic rings. The zero-order chi connectivity index (χ0) is 19.4. The van der Waals surface area contributed by atoms with Gasteiger partial charge < -0.3 is 14.6 Å². The van der Waals surface area contributed by atoms with Crippen molar-refractivity contribution in [2.75, 3.05) is 0 Å². The lowest BCUT2D eigenvalue weighted by Crippen LogP contribution is -2.53. The van der Waals surface area contributed by atoms with Crippen LogP contribution >= 0.6 is 0 Å². The summed E-state index contributed by atoms with van der Waals surface area (Å²) in [7, 11) is -1.86. The zero-order valence-electron chi connectivity index (χ0n) is 16.6. The van der Waals surface area contributed by atoms with Crippen LogP contribution in [0.25, 0.3) is 0 Å². The van der Waals surface area contributed by atoms with Gasteiger partial charge in [-0.15, -0.1) is 0 Å². The molecule has 4 atom stereocenters. The largest absolute Gasteiger partial charge is 0.407 e. The zero-order valence-corrected chi connectivity index (χ0v) is 17.7. The van der Waals surface area contributed by atoms with Crippen LogP contribution in [0.15, 0.2) is 60.7 Å². The van der Waals surface area contributed by atoms with Crippen molar-refractivity contribution in [2.24, 2.45) is 11.3 Å². The van der Waals surface area contributed by atoms with E-state index in [0.29, 0.717) is 12.8 Å². The van der Waals surface area contributed by atoms with E-state index in [1.807, 2.05) is 12.1 Å². The lowest BCUT2D eigenvalue weighted by atomic mass is 9.73. The average Bonchev–Trinajstić information content (AvgIpc) is 2.65. The van der Waals surface area contributed by atoms with Crippen LogP contribution in [-0.4, -0.2) is 37.6 Å². The molecule has 1 aliphatic carbocycles. The minimum atomic E-state index is -1.86. The molecule has 0 radical (unpaired) electrons. The summed E-state index contributed by atoms with van der Waals surface area (Å²) in [6, 6.07) is 21.1. The van der Waals surface area contributed by atoms with E-state index in [9.17, 15) is 10.2 Å². The van der Waals surface area contributed by atoms with E-state index in [-0.39, 0.29) is 17.4 Å². The highest BCUT2D eigenvalue weighted by Gasteiger charge is 2.40. The molecule has 0 saturated heterocycles. The minimum Gasteiger partial charge on any atom is -0.407 e. The van der Waals surface area contributed by atoms with E-state index in [1.54, 1.807) is 0 Å². The predicted molar refractivity (Wildman–Crippen MR) is 113 cm³/mol. The van der Waals surface area contributed by atoms with Gasteiger partial charge in [0.2, 0.25) is 9.04 Å². The Morgan fingerprint density at radius 1 is 0.852 bits per heavy atom. The van der Waals surface area contributed by atoms with E-state index < -0.39 is 21.2 Å². The quantitative estimate of drug-likeness (QED) is 0.779. The highest BCUT2D eigenvalue weighted by Crippen LogP contribution is 2.37. The first-order valence-corrected chi connectivity index (χ1v) is 11.6. The molecular weight excluding hydrogens is 352 g/mol. The van der Waals surface area contributed by atoms with Gasteiger partial charge in [0.25, 0.3) is 0 Å². The molecule has 3 nitrogen and oxygen atoms in total. The van der Waals surface area contributed by atoms with E-state index in [0.717, 1.165) is 6.42 Å². The fourth-order valence-electron chi connectivity index (χ4n) is 4.21. The maximum Gasteiger partial charge on any atom is 0.240 e. The lowest BCUT2D eigenvalue weighted by molar-refractivity contribution is -0.0645. The first-order valence-electron chi connectivity index (χ1n) is 9.97. The summed E-state index contributed by atoms with van der Waals surface area (Å²) in [5, 5.41) is 22.7. The topological polar surface area (TPSA) is 49.7 Å². The lowest BCUT2D eigenvalue weighted by Gasteiger charge is -2.43. The number of hydrogen-bond donors (Lipinski definition) is 2. The molecule has 4 unspecified atom stereocenters. The van der Waals surface area contributed by atoms with Crippen LogP contribution in [0.1, 0.15) is 40.0 Å². The second-order valence-electron chi connectivity index (χ2n) is 8.83. The molecule has 0 aromatic heterocycles. The Morgan fingerprint density at radius 2 is 1.37 bits per heavy atom. The molecule has 27 heavy (non-hydrogen) atoms. The summed E-state index contributed by atoms with van der Waals surface area (Å²) < 4.78 is 6.96. The molecular formula is C23H32O3Si. The summed E-state index contributed by atoms with van der Waals surface area (Å²) in [5.74, 6) is 0.255. The van der Waals surface area contributed by atoms with Crippen molar-refractivity contribution in [3.63, 3.8) is 0 Å². The number of aliphatic hydroxyl groups is 2. The first kappa shape index (κ1) is 20.3. The van der Waals surface area contributed by atoms with Crippen molar-refractivity contribution in [1.82, 2.24) is 0 Å². The third-order valence-corrected chi connectivity index (χ3v) is 8.14. The van der Waals surface area contributed by atoms with Gasteiger partial charge in [0.1, 0.15) is 0 Å². The molecule has 3 rings (SSSR count). The van der Waals surface area contributed by atoms with Gasteiger partial charge in [0, 0.05) is 0 Å². The summed E-state index contributed by atoms with van der Waals surface area (Å²) >= 11 is 0. The van der Waals surface area contributed by atoms with Crippen LogP contribution in [0.2, 0.25) is 0 Å². The van der Waals surface area contributed by atoms with E-state index >= 15 is 0 Å². The Morgan fingerprint density at radius 3 is 1.81 bits per heavy atom. The first-order chi connectivity index (χ1) is 12.9. The van der Waals surface area contributed by atoms with Gasteiger partial charge in [-0.2, -0.15) is 0 Å². The Bertz CT molecular complexity index is 659. The number of aliphatic hydroxyl groups excluding tert-OH is 2. The van der Waals surface area contributed by atoms with Crippen molar-refractivity contribution in [2.45, 2.75) is 58.3 Å². The predicted octanol–water partition coefficient (Wildman–Crippen LogP) is 2.48. The van der Waals surface area contributed by atoms with E-state index in [4.69, 9.17) is 4.43 Å². The maximum atomic E-state index is 10.2. The van der Waals surface area contributed by atoms with Crippen molar-refractivity contribution < 1.29 is 14.6 Å². The molecule has 4 heteroatoms. The van der Waals surface area contributed by atoms with Crippen LogP contribution < -0.4 is 10.4 Å². The Kier molecular flexibility index (Phi) is 6.53. The van der Waals surface area contributed by atoms with Crippen molar-refractivity contribution in [1.29, 1.82) is 0 Å². The summed E-state index contributed by atoms with van der Waals surface area (Å²) in [5.41, 5.74) is -0.0402. The fraction of sp³-hybridized carbons (Fsp3) is 0.478. The molecule has 0 spiro atoms. The van der Waals surface area contributed by atoms with Gasteiger partial charge in [-0.3, -0.25) is 0 Å². The van der Waals surface area contributed by atoms with Gasteiger partial charge in [0.15, 0.2) is 0 Å². The third-order valence-electron chi connectivity index (χ3n) is 5.59. The number of hydrogen-bond acceptors (Lipinski definition) is 3. The Hall–Kier alpha value is -1.46. The van der Waals surface area contributed by atoms with Crippen LogP contribution in [-0.2, 0) is 4.43 Å². The van der Waals surface area contributed by atoms with E-state index in [2.05, 4.69) is 69.3 Å². The van der Waals surface area contributed by atoms with Crippen molar-refractivity contribution >= 4 is 19.4 Å². The van der Waals surface area contributed by atoms with Crippen molar-refractivity contribution in [3.05, 3.63) is 60.7 Å². The molecule has 0 bridgehead atoms. The van der Waals surface area contributed by atoms with Crippen LogP contribution in [0.4, 0.5) is 0 Å². The monoisotopic (exact) mass is 384 g/mol. The average molecular weight is 385 g/mol. The second kappa shape index (κ2) is 8.70. The molecule has 0 amide bonds. The minimum absolute atomic E-state index is 0.0386. The second-order valence-corrected chi connectivity index (χ2v) is 11.2. The summed E-state index contributed by atoms with van der Waals surface area (Å²) in [6.45, 7) is 6.66. The van der Waals surface area contributed by atoms with Crippen LogP contribution in [0.5, 0.6) is 0 Å². The fourth-order valence-corrected chi connectivity index (χ4v) is 6.98. The van der Waals surface area contributed by atoms with Crippen LogP contribution in [0.3, 0.4) is 0 Å². The highest BCUT2D eigenvalue weighted by atomic mass is 28.3. The highest BCUT2D eigenvalue weighted by molar-refractivity contribution is 6.80. The molecule has 1 saturated carbocycles. The molecule has 1 fully saturated rings. The van der Waals surface area contributed by atoms with Gasteiger partial charge in [-0.25, -0.2) is 0 Å². The SMILES string of the molecule is CC(C)(C)C(O[SiH](c1ccccc1)c1ccccc1)C1CCC(O)C(O)C1. The van der Waals surface area contributed by atoms with Gasteiger partial charge in [-0.1, -0.05) is 81.4 Å². The Balaban J connectivity index is 1.91. The third kappa shape index (κ3) is 5.08. The van der Waals surface area contributed by atoms with Gasteiger partial charge in [0.05, 0.1) is 18.3 Å². The molecule has 2 N–H and O–H groups in total. The number of rotatable bonds is 5. The van der Waals surface area contributed by atoms with Crippen molar-refractivity contribution in [3.8, 4) is 0 Å². The molecule has 2 aromatic carbocycles. The summed E-state index contributed by atoms with van der Waals surface area (Å²) in [6.07, 6.45) is 0.934. The van der Waals surface area contributed by atoms with Gasteiger partial charge >= 0.3 is 0 Å². The normalized spacial score (nSPS) is 24.7. The van der Waals surface area contributed by atoms with Gasteiger partial charge in [-0.05, 0) is 41.0 Å². The smallest absolute Gasteiger partial charge is 0.240 e.